The average molecular weight is 375 g/mol. The molecule has 0 radical (unpaired) electrons. The summed E-state index contributed by atoms with van der Waals surface area (Å²) < 4.78 is 23.4. The highest BCUT2D eigenvalue weighted by Gasteiger charge is 2.36. The maximum Gasteiger partial charge on any atom is 0.326 e. The largest absolute Gasteiger partial charge is 0.465 e. The van der Waals surface area contributed by atoms with Crippen molar-refractivity contribution < 1.29 is 27.9 Å². The van der Waals surface area contributed by atoms with Gasteiger partial charge in [-0.2, -0.15) is 0 Å². The van der Waals surface area contributed by atoms with Crippen molar-refractivity contribution in [1.82, 2.24) is 4.90 Å². The van der Waals surface area contributed by atoms with Crippen LogP contribution in [0, 0.1) is 5.82 Å². The normalized spacial score (nSPS) is 15.8. The fraction of sp³-hybridized carbons (Fsp3) is 0.167. The van der Waals surface area contributed by atoms with Gasteiger partial charge < -0.3 is 9.15 Å². The molecule has 0 spiro atoms. The van der Waals surface area contributed by atoms with Gasteiger partial charge in [0.1, 0.15) is 23.9 Å². The van der Waals surface area contributed by atoms with Crippen molar-refractivity contribution >= 4 is 35.0 Å². The Labute approximate surface area is 152 Å². The molecule has 0 bridgehead atoms. The third-order valence-corrected chi connectivity index (χ3v) is 4.40. The summed E-state index contributed by atoms with van der Waals surface area (Å²) in [5.41, 5.74) is 0.682. The number of rotatable bonds is 5. The first-order valence-corrected chi connectivity index (χ1v) is 8.56. The minimum absolute atomic E-state index is 0.152. The van der Waals surface area contributed by atoms with Crippen LogP contribution in [0.15, 0.2) is 45.7 Å². The number of furan rings is 1. The number of hydrogen-bond acceptors (Lipinski definition) is 6. The quantitative estimate of drug-likeness (QED) is 0.586. The second-order valence-corrected chi connectivity index (χ2v) is 6.27. The standard InChI is InChI=1S/C18H14FNO5S/c1-2-24-16(21)10-20-17(22)15(26-18(20)23)9-13-7-8-14(25-13)11-3-5-12(19)6-4-11/h3-9H,2,10H2,1H3/b15-9+. The molecule has 1 aromatic heterocycles. The molecule has 8 heteroatoms. The highest BCUT2D eigenvalue weighted by atomic mass is 32.2. The Morgan fingerprint density at radius 1 is 1.23 bits per heavy atom. The van der Waals surface area contributed by atoms with Crippen LogP contribution in [0.25, 0.3) is 17.4 Å². The van der Waals surface area contributed by atoms with E-state index < -0.39 is 23.7 Å². The van der Waals surface area contributed by atoms with Crippen LogP contribution in [0.5, 0.6) is 0 Å². The van der Waals surface area contributed by atoms with Gasteiger partial charge in [-0.1, -0.05) is 0 Å². The summed E-state index contributed by atoms with van der Waals surface area (Å²) in [5, 5.41) is -0.542. The van der Waals surface area contributed by atoms with Crippen LogP contribution in [-0.2, 0) is 14.3 Å². The fourth-order valence-corrected chi connectivity index (χ4v) is 3.12. The summed E-state index contributed by atoms with van der Waals surface area (Å²) in [5.74, 6) is -0.704. The van der Waals surface area contributed by atoms with E-state index in [1.54, 1.807) is 31.2 Å². The summed E-state index contributed by atoms with van der Waals surface area (Å²) in [6.45, 7) is 1.39. The number of hydrogen-bond donors (Lipinski definition) is 0. The Morgan fingerprint density at radius 2 is 1.96 bits per heavy atom. The third kappa shape index (κ3) is 3.85. The van der Waals surface area contributed by atoms with Crippen molar-refractivity contribution in [2.75, 3.05) is 13.2 Å². The van der Waals surface area contributed by atoms with Crippen LogP contribution in [0.2, 0.25) is 0 Å². The molecule has 1 saturated heterocycles. The second-order valence-electron chi connectivity index (χ2n) is 5.28. The first-order chi connectivity index (χ1) is 12.5. The minimum atomic E-state index is -0.646. The van der Waals surface area contributed by atoms with E-state index in [-0.39, 0.29) is 17.3 Å². The van der Waals surface area contributed by atoms with Crippen LogP contribution in [0.1, 0.15) is 12.7 Å². The molecule has 2 amide bonds. The zero-order valence-electron chi connectivity index (χ0n) is 13.7. The van der Waals surface area contributed by atoms with Crippen LogP contribution in [0.4, 0.5) is 9.18 Å². The van der Waals surface area contributed by atoms with E-state index in [1.165, 1.54) is 18.2 Å². The summed E-state index contributed by atoms with van der Waals surface area (Å²) in [7, 11) is 0. The molecule has 0 unspecified atom stereocenters. The lowest BCUT2D eigenvalue weighted by atomic mass is 10.2. The molecule has 26 heavy (non-hydrogen) atoms. The number of thioether (sulfide) groups is 1. The molecule has 2 heterocycles. The molecule has 2 aromatic rings. The predicted octanol–water partition coefficient (Wildman–Crippen LogP) is 3.69. The van der Waals surface area contributed by atoms with Crippen LogP contribution >= 0.6 is 11.8 Å². The van der Waals surface area contributed by atoms with Crippen molar-refractivity contribution in [2.24, 2.45) is 0 Å². The second kappa shape index (κ2) is 7.57. The Hall–Kier alpha value is -2.87. The van der Waals surface area contributed by atoms with Crippen LogP contribution in [0.3, 0.4) is 0 Å². The maximum absolute atomic E-state index is 13.0. The SMILES string of the molecule is CCOC(=O)CN1C(=O)S/C(=C/c2ccc(-c3ccc(F)cc3)o2)C1=O. The Balaban J connectivity index is 1.76. The van der Waals surface area contributed by atoms with E-state index >= 15 is 0 Å². The topological polar surface area (TPSA) is 76.8 Å². The highest BCUT2D eigenvalue weighted by Crippen LogP contribution is 2.33. The average Bonchev–Trinajstić information content (AvgIpc) is 3.17. The van der Waals surface area contributed by atoms with E-state index in [9.17, 15) is 18.8 Å². The first-order valence-electron chi connectivity index (χ1n) is 7.74. The molecule has 1 aliphatic rings. The lowest BCUT2D eigenvalue weighted by molar-refractivity contribution is -0.145. The van der Waals surface area contributed by atoms with Crippen molar-refractivity contribution in [2.45, 2.75) is 6.92 Å². The van der Waals surface area contributed by atoms with Gasteiger partial charge in [0.05, 0.1) is 11.5 Å². The van der Waals surface area contributed by atoms with E-state index in [2.05, 4.69) is 0 Å². The number of imide groups is 1. The van der Waals surface area contributed by atoms with E-state index in [4.69, 9.17) is 9.15 Å². The minimum Gasteiger partial charge on any atom is -0.465 e. The van der Waals surface area contributed by atoms with Crippen LogP contribution < -0.4 is 0 Å². The van der Waals surface area contributed by atoms with Gasteiger partial charge in [-0.3, -0.25) is 19.3 Å². The van der Waals surface area contributed by atoms with E-state index in [0.29, 0.717) is 17.1 Å². The fourth-order valence-electron chi connectivity index (χ4n) is 2.30. The summed E-state index contributed by atoms with van der Waals surface area (Å²) in [6.07, 6.45) is 1.43. The molecule has 0 N–H and O–H groups in total. The lowest BCUT2D eigenvalue weighted by Gasteiger charge is -2.10. The number of carbonyl (C=O) groups excluding carboxylic acids is 3. The number of nitrogens with zero attached hydrogens (tertiary/aromatic N) is 1. The summed E-state index contributed by atoms with van der Waals surface area (Å²) >= 11 is 0.725. The maximum atomic E-state index is 13.0. The Morgan fingerprint density at radius 3 is 2.65 bits per heavy atom. The number of carbonyl (C=O) groups is 3. The van der Waals surface area contributed by atoms with E-state index in [0.717, 1.165) is 16.7 Å². The smallest absolute Gasteiger partial charge is 0.326 e. The number of amides is 2. The molecule has 1 fully saturated rings. The molecule has 3 rings (SSSR count). The van der Waals surface area contributed by atoms with Crippen molar-refractivity contribution in [1.29, 1.82) is 0 Å². The van der Waals surface area contributed by atoms with Crippen molar-refractivity contribution in [3.63, 3.8) is 0 Å². The van der Waals surface area contributed by atoms with Crippen molar-refractivity contribution in [3.8, 4) is 11.3 Å². The summed E-state index contributed by atoms with van der Waals surface area (Å²) in [6, 6.07) is 9.10. The van der Waals surface area contributed by atoms with Crippen LogP contribution in [-0.4, -0.2) is 35.2 Å². The summed E-state index contributed by atoms with van der Waals surface area (Å²) in [4.78, 5) is 36.7. The lowest BCUT2D eigenvalue weighted by Crippen LogP contribution is -2.34. The third-order valence-electron chi connectivity index (χ3n) is 3.50. The molecular formula is C18H14FNO5S. The van der Waals surface area contributed by atoms with Gasteiger partial charge in [-0.25, -0.2) is 4.39 Å². The van der Waals surface area contributed by atoms with E-state index in [1.807, 2.05) is 0 Å². The number of esters is 1. The zero-order valence-corrected chi connectivity index (χ0v) is 14.5. The van der Waals surface area contributed by atoms with Crippen molar-refractivity contribution in [3.05, 3.63) is 52.9 Å². The number of benzene rings is 1. The van der Waals surface area contributed by atoms with Gasteiger partial charge in [0.25, 0.3) is 11.1 Å². The molecule has 0 atom stereocenters. The molecule has 0 saturated carbocycles. The van der Waals surface area contributed by atoms with Gasteiger partial charge in [0, 0.05) is 11.6 Å². The van der Waals surface area contributed by atoms with Gasteiger partial charge in [-0.15, -0.1) is 0 Å². The predicted molar refractivity (Wildman–Crippen MR) is 93.4 cm³/mol. The van der Waals surface area contributed by atoms with Gasteiger partial charge >= 0.3 is 5.97 Å². The first kappa shape index (κ1) is 17.9. The van der Waals surface area contributed by atoms with Gasteiger partial charge in [0.15, 0.2) is 0 Å². The number of halogens is 1. The Bertz CT molecular complexity index is 887. The molecule has 1 aliphatic heterocycles. The highest BCUT2D eigenvalue weighted by molar-refractivity contribution is 8.18. The van der Waals surface area contributed by atoms with Gasteiger partial charge in [-0.05, 0) is 55.1 Å². The molecule has 134 valence electrons. The van der Waals surface area contributed by atoms with Gasteiger partial charge in [0.2, 0.25) is 0 Å². The Kier molecular flexibility index (Phi) is 5.22. The monoisotopic (exact) mass is 375 g/mol. The molecule has 6 nitrogen and oxygen atoms in total. The molecule has 0 aliphatic carbocycles. The molecular weight excluding hydrogens is 361 g/mol. The number of ether oxygens (including phenoxy) is 1. The zero-order chi connectivity index (χ0) is 18.7. The molecule has 1 aromatic carbocycles.